The topological polar surface area (TPSA) is 108 Å². The van der Waals surface area contributed by atoms with Gasteiger partial charge < -0.3 is 10.5 Å². The number of fused-ring (bicyclic) bond motifs is 2. The van der Waals surface area contributed by atoms with Crippen molar-refractivity contribution in [2.75, 3.05) is 12.3 Å². The lowest BCUT2D eigenvalue weighted by atomic mass is 9.90. The first-order chi connectivity index (χ1) is 13.0. The van der Waals surface area contributed by atoms with E-state index < -0.39 is 5.97 Å². The second-order valence-corrected chi connectivity index (χ2v) is 8.32. The molecule has 0 atom stereocenters. The highest BCUT2D eigenvalue weighted by Crippen LogP contribution is 2.46. The molecule has 0 saturated carbocycles. The summed E-state index contributed by atoms with van der Waals surface area (Å²) in [4.78, 5) is 29.6. The normalized spacial score (nSPS) is 13.5. The fourth-order valence-corrected chi connectivity index (χ4v) is 5.40. The van der Waals surface area contributed by atoms with Gasteiger partial charge in [0.1, 0.15) is 9.71 Å². The van der Waals surface area contributed by atoms with Crippen molar-refractivity contribution in [1.29, 1.82) is 0 Å². The van der Waals surface area contributed by atoms with Gasteiger partial charge >= 0.3 is 11.0 Å². The Bertz CT molecular complexity index is 1070. The molecule has 1 aliphatic rings. The Kier molecular flexibility index (Phi) is 4.56. The largest absolute Gasteiger partial charge is 0.462 e. The number of ether oxygens (including phenoxy) is 1. The number of esters is 1. The van der Waals surface area contributed by atoms with Crippen LogP contribution >= 0.6 is 22.7 Å². The summed E-state index contributed by atoms with van der Waals surface area (Å²) in [6.07, 6.45) is 3.80. The second-order valence-electron chi connectivity index (χ2n) is 6.26. The first-order valence-electron chi connectivity index (χ1n) is 8.66. The van der Waals surface area contributed by atoms with Crippen LogP contribution in [-0.2, 0) is 17.6 Å². The molecule has 1 aliphatic carbocycles. The Labute approximate surface area is 162 Å². The number of aryl methyl sites for hydroxylation is 1. The summed E-state index contributed by atoms with van der Waals surface area (Å²) in [6, 6.07) is 3.27. The maximum Gasteiger partial charge on any atom is 0.350 e. The SMILES string of the molecule is CCOC(=O)c1sc2nc3c(c(-c4ccc([N+](=O)[O-])s4)c2c1N)CCCC3. The number of nitro groups is 1. The van der Waals surface area contributed by atoms with Crippen LogP contribution in [0.15, 0.2) is 12.1 Å². The Balaban J connectivity index is 2.01. The van der Waals surface area contributed by atoms with Gasteiger partial charge in [0.25, 0.3) is 0 Å². The smallest absolute Gasteiger partial charge is 0.350 e. The number of carbonyl (C=O) groups is 1. The Morgan fingerprint density at radius 3 is 2.81 bits per heavy atom. The summed E-state index contributed by atoms with van der Waals surface area (Å²) in [6.45, 7) is 2.01. The molecule has 7 nitrogen and oxygen atoms in total. The van der Waals surface area contributed by atoms with E-state index >= 15 is 0 Å². The lowest BCUT2D eigenvalue weighted by Gasteiger charge is -2.19. The molecular weight excluding hydrogens is 386 g/mol. The maximum absolute atomic E-state index is 12.3. The number of rotatable bonds is 4. The first kappa shape index (κ1) is 17.9. The van der Waals surface area contributed by atoms with E-state index in [0.717, 1.165) is 58.7 Å². The molecule has 140 valence electrons. The molecule has 4 rings (SSSR count). The number of nitrogen functional groups attached to an aromatic ring is 1. The second kappa shape index (κ2) is 6.90. The van der Waals surface area contributed by atoms with Crippen LogP contribution in [0.1, 0.15) is 40.7 Å². The molecular formula is C18H17N3O4S2. The lowest BCUT2D eigenvalue weighted by molar-refractivity contribution is -0.380. The molecule has 0 fully saturated rings. The monoisotopic (exact) mass is 403 g/mol. The molecule has 3 heterocycles. The number of carbonyl (C=O) groups excluding carboxylic acids is 1. The zero-order valence-electron chi connectivity index (χ0n) is 14.6. The molecule has 0 amide bonds. The van der Waals surface area contributed by atoms with Gasteiger partial charge in [-0.15, -0.1) is 11.3 Å². The molecule has 0 unspecified atom stereocenters. The van der Waals surface area contributed by atoms with Crippen molar-refractivity contribution in [3.8, 4) is 10.4 Å². The van der Waals surface area contributed by atoms with Crippen molar-refractivity contribution in [2.45, 2.75) is 32.6 Å². The third-order valence-electron chi connectivity index (χ3n) is 4.63. The van der Waals surface area contributed by atoms with Gasteiger partial charge in [-0.05, 0) is 44.2 Å². The molecule has 0 saturated heterocycles. The molecule has 3 aromatic heterocycles. The highest BCUT2D eigenvalue weighted by molar-refractivity contribution is 7.21. The number of thiophene rings is 2. The fraction of sp³-hybridized carbons (Fsp3) is 0.333. The van der Waals surface area contributed by atoms with E-state index in [2.05, 4.69) is 0 Å². The number of anilines is 1. The number of hydrogen-bond acceptors (Lipinski definition) is 8. The zero-order valence-corrected chi connectivity index (χ0v) is 16.2. The molecule has 0 aliphatic heterocycles. The minimum atomic E-state index is -0.459. The van der Waals surface area contributed by atoms with E-state index in [1.807, 2.05) is 0 Å². The van der Waals surface area contributed by atoms with Crippen LogP contribution in [0.25, 0.3) is 20.7 Å². The quantitative estimate of drug-likeness (QED) is 0.388. The number of hydrogen-bond donors (Lipinski definition) is 1. The number of pyridine rings is 1. The summed E-state index contributed by atoms with van der Waals surface area (Å²) in [5, 5.41) is 11.9. The Hall–Kier alpha value is -2.52. The predicted molar refractivity (Wildman–Crippen MR) is 107 cm³/mol. The van der Waals surface area contributed by atoms with E-state index in [1.165, 1.54) is 17.4 Å². The summed E-state index contributed by atoms with van der Waals surface area (Å²) in [5.74, 6) is -0.459. The average molecular weight is 403 g/mol. The summed E-state index contributed by atoms with van der Waals surface area (Å²) in [5.41, 5.74) is 9.67. The highest BCUT2D eigenvalue weighted by atomic mass is 32.1. The highest BCUT2D eigenvalue weighted by Gasteiger charge is 2.27. The first-order valence-corrected chi connectivity index (χ1v) is 10.3. The molecule has 0 bridgehead atoms. The van der Waals surface area contributed by atoms with Gasteiger partial charge in [-0.3, -0.25) is 10.1 Å². The van der Waals surface area contributed by atoms with Crippen molar-refractivity contribution in [3.05, 3.63) is 38.4 Å². The molecule has 0 aromatic carbocycles. The van der Waals surface area contributed by atoms with Crippen LogP contribution in [0.4, 0.5) is 10.7 Å². The number of nitrogens with zero attached hydrogens (tertiary/aromatic N) is 2. The minimum Gasteiger partial charge on any atom is -0.462 e. The molecule has 0 spiro atoms. The van der Waals surface area contributed by atoms with Gasteiger partial charge in [0.2, 0.25) is 0 Å². The zero-order chi connectivity index (χ0) is 19.1. The Morgan fingerprint density at radius 1 is 1.33 bits per heavy atom. The van der Waals surface area contributed by atoms with Crippen LogP contribution in [-0.4, -0.2) is 22.5 Å². The number of nitrogens with two attached hydrogens (primary N) is 1. The molecule has 2 N–H and O–H groups in total. The van der Waals surface area contributed by atoms with Crippen molar-refractivity contribution < 1.29 is 14.5 Å². The van der Waals surface area contributed by atoms with Gasteiger partial charge in [-0.25, -0.2) is 9.78 Å². The third-order valence-corrected chi connectivity index (χ3v) is 6.77. The standard InChI is InChI=1S/C18H17N3O4S2/c1-2-25-18(22)16-15(19)14-13(11-7-8-12(26-11)21(23)24)9-5-3-4-6-10(9)20-17(14)27-16/h7-8H,2-6,19H2,1H3. The predicted octanol–water partition coefficient (Wildman–Crippen LogP) is 4.57. The van der Waals surface area contributed by atoms with E-state index in [1.54, 1.807) is 13.0 Å². The molecule has 0 radical (unpaired) electrons. The van der Waals surface area contributed by atoms with Crippen LogP contribution in [0.3, 0.4) is 0 Å². The van der Waals surface area contributed by atoms with Gasteiger partial charge in [0, 0.05) is 27.6 Å². The van der Waals surface area contributed by atoms with E-state index in [9.17, 15) is 14.9 Å². The summed E-state index contributed by atoms with van der Waals surface area (Å²) < 4.78 is 5.12. The number of aromatic nitrogens is 1. The maximum atomic E-state index is 12.3. The van der Waals surface area contributed by atoms with Gasteiger partial charge in [0.15, 0.2) is 0 Å². The summed E-state index contributed by atoms with van der Waals surface area (Å²) in [7, 11) is 0. The van der Waals surface area contributed by atoms with Crippen molar-refractivity contribution >= 4 is 49.5 Å². The third kappa shape index (κ3) is 2.96. The lowest BCUT2D eigenvalue weighted by Crippen LogP contribution is -2.08. The Morgan fingerprint density at radius 2 is 2.11 bits per heavy atom. The van der Waals surface area contributed by atoms with Crippen LogP contribution in [0.2, 0.25) is 0 Å². The van der Waals surface area contributed by atoms with Crippen LogP contribution in [0.5, 0.6) is 0 Å². The van der Waals surface area contributed by atoms with Crippen LogP contribution < -0.4 is 5.73 Å². The van der Waals surface area contributed by atoms with Crippen molar-refractivity contribution in [3.63, 3.8) is 0 Å². The summed E-state index contributed by atoms with van der Waals surface area (Å²) >= 11 is 2.35. The molecule has 3 aromatic rings. The molecule has 9 heteroatoms. The van der Waals surface area contributed by atoms with Crippen molar-refractivity contribution in [1.82, 2.24) is 4.98 Å². The van der Waals surface area contributed by atoms with Crippen molar-refractivity contribution in [2.24, 2.45) is 0 Å². The van der Waals surface area contributed by atoms with Gasteiger partial charge in [0.05, 0.1) is 17.2 Å². The molecule has 27 heavy (non-hydrogen) atoms. The van der Waals surface area contributed by atoms with Gasteiger partial charge in [-0.1, -0.05) is 11.3 Å². The van der Waals surface area contributed by atoms with E-state index in [4.69, 9.17) is 15.5 Å². The average Bonchev–Trinajstić information content (AvgIpc) is 3.26. The van der Waals surface area contributed by atoms with Gasteiger partial charge in [-0.2, -0.15) is 0 Å². The minimum absolute atomic E-state index is 0.0824. The van der Waals surface area contributed by atoms with E-state index in [0.29, 0.717) is 20.8 Å². The van der Waals surface area contributed by atoms with E-state index in [-0.39, 0.29) is 16.5 Å². The van der Waals surface area contributed by atoms with Crippen LogP contribution in [0, 0.1) is 10.1 Å². The fourth-order valence-electron chi connectivity index (χ4n) is 3.49.